The van der Waals surface area contributed by atoms with Gasteiger partial charge in [-0.2, -0.15) is 17.7 Å². The third-order valence-corrected chi connectivity index (χ3v) is 4.98. The number of hydrogen-bond donors (Lipinski definition) is 1. The summed E-state index contributed by atoms with van der Waals surface area (Å²) in [6.45, 7) is 0. The molecule has 0 aromatic carbocycles. The van der Waals surface area contributed by atoms with E-state index < -0.39 is 0 Å². The fourth-order valence-electron chi connectivity index (χ4n) is 1.66. The van der Waals surface area contributed by atoms with Crippen LogP contribution in [0.4, 0.5) is 0 Å². The maximum Gasteiger partial charge on any atom is 0.185 e. The van der Waals surface area contributed by atoms with Gasteiger partial charge in [0.05, 0.1) is 0 Å². The highest BCUT2D eigenvalue weighted by atomic mass is 32.2. The summed E-state index contributed by atoms with van der Waals surface area (Å²) in [5.41, 5.74) is 0.472. The summed E-state index contributed by atoms with van der Waals surface area (Å²) in [5.74, 6) is 2.13. The number of aryl methyl sites for hydroxylation is 1. The Labute approximate surface area is 94.1 Å². The van der Waals surface area contributed by atoms with Gasteiger partial charge < -0.3 is 0 Å². The van der Waals surface area contributed by atoms with Crippen LogP contribution in [0.1, 0.15) is 19.3 Å². The summed E-state index contributed by atoms with van der Waals surface area (Å²) in [6.07, 6.45) is 5.61. The van der Waals surface area contributed by atoms with Gasteiger partial charge in [-0.25, -0.2) is 9.67 Å². The van der Waals surface area contributed by atoms with Crippen LogP contribution >= 0.6 is 24.4 Å². The Hall–Kier alpha value is -0.160. The minimum atomic E-state index is 0.472. The van der Waals surface area contributed by atoms with Crippen molar-refractivity contribution in [2.24, 2.45) is 12.5 Å². The van der Waals surface area contributed by atoms with Crippen LogP contribution in [0, 0.1) is 5.41 Å². The van der Waals surface area contributed by atoms with E-state index in [4.69, 9.17) is 0 Å². The largest absolute Gasteiger partial charge is 0.244 e. The van der Waals surface area contributed by atoms with Crippen LogP contribution in [0.2, 0.25) is 0 Å². The monoisotopic (exact) mass is 229 g/mol. The SMILES string of the molecule is Cn1ncnc1SCC1(CS)CCC1. The van der Waals surface area contributed by atoms with Crippen molar-refractivity contribution in [3.63, 3.8) is 0 Å². The Morgan fingerprint density at radius 3 is 2.86 bits per heavy atom. The average Bonchev–Trinajstić information content (AvgIpc) is 2.51. The zero-order chi connectivity index (χ0) is 10.0. The van der Waals surface area contributed by atoms with Crippen LogP contribution in [0.5, 0.6) is 0 Å². The molecule has 3 nitrogen and oxygen atoms in total. The maximum atomic E-state index is 4.43. The normalized spacial score (nSPS) is 19.3. The number of nitrogens with zero attached hydrogens (tertiary/aromatic N) is 3. The second-order valence-electron chi connectivity index (χ2n) is 3.97. The Morgan fingerprint density at radius 1 is 1.64 bits per heavy atom. The standard InChI is InChI=1S/C9H15N3S2/c1-12-8(10-7-11-12)14-6-9(5-13)3-2-4-9/h7,13H,2-6H2,1H3. The zero-order valence-electron chi connectivity index (χ0n) is 8.31. The van der Waals surface area contributed by atoms with Gasteiger partial charge in [0.1, 0.15) is 6.33 Å². The first kappa shape index (κ1) is 10.4. The van der Waals surface area contributed by atoms with Crippen molar-refractivity contribution in [3.05, 3.63) is 6.33 Å². The van der Waals surface area contributed by atoms with Crippen LogP contribution in [-0.4, -0.2) is 26.3 Å². The Balaban J connectivity index is 1.90. The van der Waals surface area contributed by atoms with Crippen molar-refractivity contribution in [2.75, 3.05) is 11.5 Å². The molecule has 1 aromatic rings. The number of thiol groups is 1. The molecule has 0 unspecified atom stereocenters. The summed E-state index contributed by atoms with van der Waals surface area (Å²) in [4.78, 5) is 4.20. The first-order valence-electron chi connectivity index (χ1n) is 4.83. The number of rotatable bonds is 4. The van der Waals surface area contributed by atoms with E-state index >= 15 is 0 Å². The molecule has 1 aromatic heterocycles. The van der Waals surface area contributed by atoms with Crippen molar-refractivity contribution in [1.29, 1.82) is 0 Å². The van der Waals surface area contributed by atoms with E-state index in [0.29, 0.717) is 5.41 Å². The van der Waals surface area contributed by atoms with E-state index in [9.17, 15) is 0 Å². The fourth-order valence-corrected chi connectivity index (χ4v) is 3.42. The molecule has 1 aliphatic carbocycles. The molecule has 1 heterocycles. The van der Waals surface area contributed by atoms with Gasteiger partial charge in [0.2, 0.25) is 0 Å². The Morgan fingerprint density at radius 2 is 2.43 bits per heavy atom. The van der Waals surface area contributed by atoms with Crippen molar-refractivity contribution in [2.45, 2.75) is 24.4 Å². The van der Waals surface area contributed by atoms with E-state index in [-0.39, 0.29) is 0 Å². The molecular formula is C9H15N3S2. The average molecular weight is 229 g/mol. The lowest BCUT2D eigenvalue weighted by Crippen LogP contribution is -2.33. The summed E-state index contributed by atoms with van der Waals surface area (Å²) in [5, 5.41) is 5.06. The summed E-state index contributed by atoms with van der Waals surface area (Å²) in [7, 11) is 1.93. The fraction of sp³-hybridized carbons (Fsp3) is 0.778. The summed E-state index contributed by atoms with van der Waals surface area (Å²) in [6, 6.07) is 0. The second kappa shape index (κ2) is 4.14. The topological polar surface area (TPSA) is 30.7 Å². The molecule has 1 aliphatic rings. The van der Waals surface area contributed by atoms with Crippen LogP contribution in [-0.2, 0) is 7.05 Å². The smallest absolute Gasteiger partial charge is 0.185 e. The van der Waals surface area contributed by atoms with E-state index in [1.807, 2.05) is 11.7 Å². The van der Waals surface area contributed by atoms with E-state index in [0.717, 1.165) is 16.7 Å². The molecule has 0 aliphatic heterocycles. The summed E-state index contributed by atoms with van der Waals surface area (Å²) >= 11 is 6.24. The molecule has 1 fully saturated rings. The highest BCUT2D eigenvalue weighted by Crippen LogP contribution is 2.45. The second-order valence-corrected chi connectivity index (χ2v) is 5.23. The molecule has 14 heavy (non-hydrogen) atoms. The van der Waals surface area contributed by atoms with Gasteiger partial charge >= 0.3 is 0 Å². The lowest BCUT2D eigenvalue weighted by Gasteiger charge is -2.40. The van der Waals surface area contributed by atoms with Gasteiger partial charge in [-0.15, -0.1) is 0 Å². The first-order chi connectivity index (χ1) is 6.76. The van der Waals surface area contributed by atoms with Gasteiger partial charge in [-0.05, 0) is 24.0 Å². The summed E-state index contributed by atoms with van der Waals surface area (Å²) < 4.78 is 1.83. The van der Waals surface area contributed by atoms with Crippen molar-refractivity contribution in [1.82, 2.24) is 14.8 Å². The van der Waals surface area contributed by atoms with E-state index in [2.05, 4.69) is 22.7 Å². The molecule has 0 bridgehead atoms. The number of aromatic nitrogens is 3. The Bertz CT molecular complexity index is 301. The van der Waals surface area contributed by atoms with Gasteiger partial charge in [-0.1, -0.05) is 18.2 Å². The third kappa shape index (κ3) is 1.93. The molecule has 0 amide bonds. The van der Waals surface area contributed by atoms with Gasteiger partial charge in [-0.3, -0.25) is 0 Å². The molecule has 0 saturated heterocycles. The highest BCUT2D eigenvalue weighted by Gasteiger charge is 2.35. The Kier molecular flexibility index (Phi) is 3.07. The molecule has 0 atom stereocenters. The van der Waals surface area contributed by atoms with Crippen LogP contribution in [0.25, 0.3) is 0 Å². The highest BCUT2D eigenvalue weighted by molar-refractivity contribution is 7.99. The zero-order valence-corrected chi connectivity index (χ0v) is 10.0. The minimum absolute atomic E-state index is 0.472. The predicted octanol–water partition coefficient (Wildman–Crippen LogP) is 2.01. The minimum Gasteiger partial charge on any atom is -0.244 e. The van der Waals surface area contributed by atoms with Crippen molar-refractivity contribution >= 4 is 24.4 Å². The molecule has 0 radical (unpaired) electrons. The quantitative estimate of drug-likeness (QED) is 0.633. The van der Waals surface area contributed by atoms with E-state index in [1.54, 1.807) is 18.1 Å². The molecule has 0 N–H and O–H groups in total. The lowest BCUT2D eigenvalue weighted by molar-refractivity contribution is 0.205. The van der Waals surface area contributed by atoms with Crippen LogP contribution < -0.4 is 0 Å². The molecule has 2 rings (SSSR count). The predicted molar refractivity (Wildman–Crippen MR) is 61.9 cm³/mol. The molecule has 1 saturated carbocycles. The van der Waals surface area contributed by atoms with Crippen molar-refractivity contribution in [3.8, 4) is 0 Å². The molecular weight excluding hydrogens is 214 g/mol. The van der Waals surface area contributed by atoms with Crippen LogP contribution in [0.15, 0.2) is 11.5 Å². The van der Waals surface area contributed by atoms with Gasteiger partial charge in [0.25, 0.3) is 0 Å². The third-order valence-electron chi connectivity index (χ3n) is 2.93. The lowest BCUT2D eigenvalue weighted by atomic mass is 9.72. The molecule has 78 valence electrons. The molecule has 0 spiro atoms. The van der Waals surface area contributed by atoms with Crippen LogP contribution in [0.3, 0.4) is 0 Å². The van der Waals surface area contributed by atoms with E-state index in [1.165, 1.54) is 19.3 Å². The number of hydrogen-bond acceptors (Lipinski definition) is 4. The maximum absolute atomic E-state index is 4.43. The number of thioether (sulfide) groups is 1. The van der Waals surface area contributed by atoms with Gasteiger partial charge in [0, 0.05) is 12.8 Å². The van der Waals surface area contributed by atoms with Crippen molar-refractivity contribution < 1.29 is 0 Å². The first-order valence-corrected chi connectivity index (χ1v) is 6.45. The van der Waals surface area contributed by atoms with Gasteiger partial charge in [0.15, 0.2) is 5.16 Å². The molecule has 5 heteroatoms.